The third-order valence-corrected chi connectivity index (χ3v) is 18.1. The van der Waals surface area contributed by atoms with Crippen LogP contribution in [0.15, 0.2) is 48.1 Å². The largest absolute Gasteiger partial charge is 0.457 e. The second-order valence-electron chi connectivity index (χ2n) is 19.9. The molecule has 358 valence electrons. The van der Waals surface area contributed by atoms with E-state index in [0.29, 0.717) is 54.3 Å². The average Bonchev–Trinajstić information content (AvgIpc) is 3.51. The summed E-state index contributed by atoms with van der Waals surface area (Å²) in [5.41, 5.74) is 0.460. The number of esters is 1. The molecule has 0 aromatic heterocycles. The van der Waals surface area contributed by atoms with E-state index in [4.69, 9.17) is 25.8 Å². The molecule has 3 aliphatic heterocycles. The minimum atomic E-state index is -1.61. The standard InChI is InChI=1S/C49H69ClN4O9S2/c1-28-12-11-13-30(3)49(60)27-38(61-46(59)52-49)31(4)44-48(8,63-44)39(26-42(57)54(10)37-24-34(20-28)21-29(2)43(37)50)62-45(58)32(5)53(9)41(56)16-17-47(6,7)65-64-19-18-51-40(55)25-36-23-33-14-15-35(36)22-33/h11-15,21,24,30-33,35-36,38-39,44,60H,16-20,22-23,25-27H2,1-10H3,(H,51,55)(H,52,59)/b13-11+,28-12+/t30-,31-,32+,33?,35?,36?,38+,39+,44+,48+,49+/m1/s1. The molecule has 13 nitrogen and oxygen atoms in total. The van der Waals surface area contributed by atoms with Crippen molar-refractivity contribution >= 4 is 68.7 Å². The van der Waals surface area contributed by atoms with Crippen molar-refractivity contribution in [3.8, 4) is 0 Å². The number of nitrogens with one attached hydrogen (secondary N) is 2. The molecule has 3 N–H and O–H groups in total. The lowest BCUT2D eigenvalue weighted by atomic mass is 9.82. The van der Waals surface area contributed by atoms with Crippen LogP contribution in [0, 0.1) is 36.5 Å². The highest BCUT2D eigenvalue weighted by Gasteiger charge is 2.64. The number of amides is 4. The molecule has 3 unspecified atom stereocenters. The topological polar surface area (TPSA) is 167 Å². The molecule has 2 saturated heterocycles. The summed E-state index contributed by atoms with van der Waals surface area (Å²) in [6, 6.07) is 2.87. The zero-order valence-corrected chi connectivity index (χ0v) is 42.0. The lowest BCUT2D eigenvalue weighted by Gasteiger charge is -2.41. The maximum absolute atomic E-state index is 14.3. The first-order chi connectivity index (χ1) is 30.5. The third kappa shape index (κ3) is 12.3. The summed E-state index contributed by atoms with van der Waals surface area (Å²) in [6.07, 6.45) is 11.0. The van der Waals surface area contributed by atoms with Gasteiger partial charge in [-0.15, -0.1) is 0 Å². The summed E-state index contributed by atoms with van der Waals surface area (Å²) in [7, 11) is 6.54. The second kappa shape index (κ2) is 20.8. The SMILES string of the molecule is C/C1=C\C=C\[C@@H](C)[C@@]2(O)C[C@H](OC(=O)N2)[C@@H](C)[C@@H]2O[C@@]2(C)[C@@H](OC(=O)[C@H](C)N(C)C(=O)CCC(C)(C)SSCCNC(=O)CC2CC3C=CC2C3)CC(=O)N(C)c2cc(cc(C)c2Cl)C1. The molecule has 4 amide bonds. The van der Waals surface area contributed by atoms with Gasteiger partial charge < -0.3 is 34.4 Å². The Labute approximate surface area is 398 Å². The molecule has 6 rings (SSSR count). The quantitative estimate of drug-likeness (QED) is 0.0575. The van der Waals surface area contributed by atoms with E-state index in [-0.39, 0.29) is 41.7 Å². The molecule has 1 aromatic rings. The van der Waals surface area contributed by atoms with Crippen molar-refractivity contribution in [1.29, 1.82) is 0 Å². The summed E-state index contributed by atoms with van der Waals surface area (Å²) < 4.78 is 18.0. The molecule has 2 aliphatic carbocycles. The minimum Gasteiger partial charge on any atom is -0.457 e. The van der Waals surface area contributed by atoms with E-state index >= 15 is 0 Å². The van der Waals surface area contributed by atoms with Crippen LogP contribution in [0.5, 0.6) is 0 Å². The Hall–Kier alpha value is -3.50. The fraction of sp³-hybridized carbons (Fsp3) is 0.653. The number of benzene rings is 1. The van der Waals surface area contributed by atoms with Crippen LogP contribution in [0.1, 0.15) is 105 Å². The number of ether oxygens (including phenoxy) is 3. The van der Waals surface area contributed by atoms with Crippen LogP contribution >= 0.6 is 33.2 Å². The van der Waals surface area contributed by atoms with Gasteiger partial charge in [-0.3, -0.25) is 19.7 Å². The van der Waals surface area contributed by atoms with Crippen LogP contribution in [-0.2, 0) is 39.8 Å². The number of likely N-dealkylation sites (N-methyl/N-ethyl adjacent to an activating group) is 1. The number of rotatable bonds is 13. The summed E-state index contributed by atoms with van der Waals surface area (Å²) in [6.45, 7) is 15.6. The minimum absolute atomic E-state index is 0.0647. The van der Waals surface area contributed by atoms with Crippen LogP contribution in [0.4, 0.5) is 10.5 Å². The van der Waals surface area contributed by atoms with E-state index in [2.05, 4.69) is 36.6 Å². The maximum Gasteiger partial charge on any atom is 0.409 e. The number of halogens is 1. The molecule has 6 bridgehead atoms. The van der Waals surface area contributed by atoms with Crippen molar-refractivity contribution in [1.82, 2.24) is 15.5 Å². The van der Waals surface area contributed by atoms with Gasteiger partial charge in [0, 0.05) is 62.2 Å². The number of allylic oxidation sites excluding steroid dienone is 5. The van der Waals surface area contributed by atoms with Crippen molar-refractivity contribution in [2.24, 2.45) is 29.6 Å². The van der Waals surface area contributed by atoms with Gasteiger partial charge in [0.15, 0.2) is 0 Å². The Morgan fingerprint density at radius 3 is 2.58 bits per heavy atom. The lowest BCUT2D eigenvalue weighted by Crippen LogP contribution is -2.60. The van der Waals surface area contributed by atoms with Crippen molar-refractivity contribution < 1.29 is 43.3 Å². The van der Waals surface area contributed by atoms with Crippen LogP contribution in [0.3, 0.4) is 0 Å². The summed E-state index contributed by atoms with van der Waals surface area (Å²) >= 11 is 6.83. The van der Waals surface area contributed by atoms with E-state index in [1.807, 2.05) is 58.1 Å². The highest BCUT2D eigenvalue weighted by Crippen LogP contribution is 2.50. The van der Waals surface area contributed by atoms with E-state index in [1.165, 1.54) is 16.2 Å². The highest BCUT2D eigenvalue weighted by atomic mass is 35.5. The number of hydrogen-bond donors (Lipinski definition) is 3. The molecule has 3 heterocycles. The Kier molecular flexibility index (Phi) is 16.3. The van der Waals surface area contributed by atoms with Gasteiger partial charge in [0.2, 0.25) is 17.7 Å². The van der Waals surface area contributed by atoms with Gasteiger partial charge in [0.25, 0.3) is 0 Å². The summed E-state index contributed by atoms with van der Waals surface area (Å²) in [4.78, 5) is 70.3. The number of fused-ring (bicyclic) bond motifs is 7. The van der Waals surface area contributed by atoms with Gasteiger partial charge in [-0.1, -0.05) is 89.1 Å². The average molecular weight is 958 g/mol. The van der Waals surface area contributed by atoms with Gasteiger partial charge in [0.05, 0.1) is 23.2 Å². The zero-order valence-electron chi connectivity index (χ0n) is 39.6. The predicted molar refractivity (Wildman–Crippen MR) is 257 cm³/mol. The fourth-order valence-corrected chi connectivity index (χ4v) is 12.4. The van der Waals surface area contributed by atoms with Gasteiger partial charge in [-0.25, -0.2) is 9.59 Å². The van der Waals surface area contributed by atoms with Gasteiger partial charge in [-0.05, 0) is 102 Å². The molecule has 65 heavy (non-hydrogen) atoms. The third-order valence-electron chi connectivity index (χ3n) is 14.3. The molecule has 5 aliphatic rings. The van der Waals surface area contributed by atoms with E-state index in [0.717, 1.165) is 28.9 Å². The number of aliphatic hydroxyl groups is 1. The Bertz CT molecular complexity index is 2080. The monoisotopic (exact) mass is 956 g/mol. The number of hydrogen-bond acceptors (Lipinski definition) is 11. The first-order valence-electron chi connectivity index (χ1n) is 23.0. The summed E-state index contributed by atoms with van der Waals surface area (Å²) in [5.74, 6) is 0.246. The molecule has 1 saturated carbocycles. The molecule has 0 radical (unpaired) electrons. The summed E-state index contributed by atoms with van der Waals surface area (Å²) in [5, 5.41) is 17.9. The Morgan fingerprint density at radius 2 is 1.89 bits per heavy atom. The molecular weight excluding hydrogens is 888 g/mol. The van der Waals surface area contributed by atoms with E-state index in [1.54, 1.807) is 49.5 Å². The number of aryl methyl sites for hydroxylation is 1. The van der Waals surface area contributed by atoms with Crippen molar-refractivity contribution in [3.63, 3.8) is 0 Å². The van der Waals surface area contributed by atoms with Gasteiger partial charge in [-0.2, -0.15) is 0 Å². The van der Waals surface area contributed by atoms with Gasteiger partial charge >= 0.3 is 12.1 Å². The van der Waals surface area contributed by atoms with Gasteiger partial charge in [0.1, 0.15) is 29.6 Å². The number of carbonyl (C=O) groups is 5. The highest BCUT2D eigenvalue weighted by molar-refractivity contribution is 8.77. The molecule has 0 spiro atoms. The van der Waals surface area contributed by atoms with Crippen LogP contribution in [0.25, 0.3) is 0 Å². The molecule has 16 heteroatoms. The van der Waals surface area contributed by atoms with Crippen molar-refractivity contribution in [3.05, 3.63) is 64.2 Å². The zero-order chi connectivity index (χ0) is 47.6. The van der Waals surface area contributed by atoms with Crippen molar-refractivity contribution in [2.75, 3.05) is 31.3 Å². The predicted octanol–water partition coefficient (Wildman–Crippen LogP) is 8.09. The maximum atomic E-state index is 14.3. The van der Waals surface area contributed by atoms with Crippen LogP contribution < -0.4 is 15.5 Å². The first kappa shape index (κ1) is 50.9. The number of anilines is 1. The Balaban J connectivity index is 1.10. The lowest BCUT2D eigenvalue weighted by molar-refractivity contribution is -0.162. The molecular formula is C49H69ClN4O9S2. The number of nitrogens with zero attached hydrogens (tertiary/aromatic N) is 2. The smallest absolute Gasteiger partial charge is 0.409 e. The van der Waals surface area contributed by atoms with Crippen LogP contribution in [0.2, 0.25) is 5.02 Å². The second-order valence-corrected chi connectivity index (χ2v) is 23.4. The fourth-order valence-electron chi connectivity index (χ4n) is 9.66. The number of alkyl carbamates (subject to hydrolysis) is 1. The normalized spacial score (nSPS) is 32.9. The Morgan fingerprint density at radius 1 is 1.15 bits per heavy atom. The number of epoxide rings is 1. The van der Waals surface area contributed by atoms with E-state index in [9.17, 15) is 29.1 Å². The molecule has 11 atom stereocenters. The molecule has 3 fully saturated rings. The number of carbonyl (C=O) groups excluding carboxylic acids is 5. The first-order valence-corrected chi connectivity index (χ1v) is 25.7. The van der Waals surface area contributed by atoms with Crippen molar-refractivity contribution in [2.45, 2.75) is 147 Å². The van der Waals surface area contributed by atoms with Crippen LogP contribution in [-0.4, -0.2) is 107 Å². The van der Waals surface area contributed by atoms with E-state index < -0.39 is 59.6 Å². The molecule has 1 aromatic carbocycles.